The predicted octanol–water partition coefficient (Wildman–Crippen LogP) is 2.51. The van der Waals surface area contributed by atoms with Gasteiger partial charge in [0.2, 0.25) is 0 Å². The van der Waals surface area contributed by atoms with Crippen molar-refractivity contribution in [2.45, 2.75) is 62.6 Å². The third-order valence-corrected chi connectivity index (χ3v) is 6.68. The number of carbonyl (C=O) groups is 1. The third-order valence-electron chi connectivity index (χ3n) is 5.71. The quantitative estimate of drug-likeness (QED) is 0.639. The maximum absolute atomic E-state index is 12.4. The summed E-state index contributed by atoms with van der Waals surface area (Å²) < 4.78 is 0. The number of aliphatic hydroxyl groups is 1. The lowest BCUT2D eigenvalue weighted by Gasteiger charge is -2.32. The molecule has 2 aromatic rings. The van der Waals surface area contributed by atoms with Crippen molar-refractivity contribution < 1.29 is 9.90 Å². The molecule has 0 unspecified atom stereocenters. The van der Waals surface area contributed by atoms with E-state index in [4.69, 9.17) is 4.98 Å². The van der Waals surface area contributed by atoms with Crippen molar-refractivity contribution in [3.05, 3.63) is 23.0 Å². The van der Waals surface area contributed by atoms with E-state index in [0.717, 1.165) is 54.9 Å². The summed E-state index contributed by atoms with van der Waals surface area (Å²) in [4.78, 5) is 26.4. The van der Waals surface area contributed by atoms with Gasteiger partial charge in [-0.1, -0.05) is 30.6 Å². The van der Waals surface area contributed by atoms with E-state index < -0.39 is 0 Å². The van der Waals surface area contributed by atoms with Crippen molar-refractivity contribution in [2.24, 2.45) is 0 Å². The van der Waals surface area contributed by atoms with Crippen LogP contribution in [-0.4, -0.2) is 38.1 Å². The fourth-order valence-corrected chi connectivity index (χ4v) is 5.20. The second kappa shape index (κ2) is 6.42. The molecule has 142 valence electrons. The van der Waals surface area contributed by atoms with Gasteiger partial charge in [0.05, 0.1) is 17.3 Å². The lowest BCUT2D eigenvalue weighted by molar-refractivity contribution is 0.0835. The van der Waals surface area contributed by atoms with Crippen molar-refractivity contribution in [1.29, 1.82) is 0 Å². The zero-order valence-electron chi connectivity index (χ0n) is 14.9. The molecule has 27 heavy (non-hydrogen) atoms. The highest BCUT2D eigenvalue weighted by molar-refractivity contribution is 7.17. The van der Waals surface area contributed by atoms with Crippen LogP contribution in [0, 0.1) is 0 Å². The van der Waals surface area contributed by atoms with E-state index in [9.17, 15) is 9.90 Å². The number of anilines is 3. The number of hydrogen-bond donors (Lipinski definition) is 4. The first kappa shape index (κ1) is 16.9. The van der Waals surface area contributed by atoms with Gasteiger partial charge in [-0.2, -0.15) is 0 Å². The van der Waals surface area contributed by atoms with Crippen molar-refractivity contribution in [3.8, 4) is 0 Å². The highest BCUT2D eigenvalue weighted by Gasteiger charge is 2.46. The van der Waals surface area contributed by atoms with Crippen molar-refractivity contribution in [1.82, 2.24) is 20.3 Å². The van der Waals surface area contributed by atoms with Crippen LogP contribution in [0.4, 0.5) is 16.8 Å². The van der Waals surface area contributed by atoms with Crippen LogP contribution in [0.25, 0.3) is 0 Å². The molecule has 2 fully saturated rings. The summed E-state index contributed by atoms with van der Waals surface area (Å²) in [7, 11) is 0. The zero-order chi connectivity index (χ0) is 18.4. The molecule has 8 nitrogen and oxygen atoms in total. The summed E-state index contributed by atoms with van der Waals surface area (Å²) in [6.45, 7) is 0. The molecule has 4 N–H and O–H groups in total. The molecule has 3 heterocycles. The van der Waals surface area contributed by atoms with Gasteiger partial charge >= 0.3 is 0 Å². The predicted molar refractivity (Wildman–Crippen MR) is 102 cm³/mol. The standard InChI is InChI=1S/C18H22N6O2S/c25-11-6-10(7-11)21-12-8-13(20-9-19-12)22-17-23-15-14(27-17)16(26)24-18(15)4-2-1-3-5-18/h8-11,25H,1-7H2,(H,24,26)(H2,19,20,21,22,23). The first-order chi connectivity index (χ1) is 13.1. The van der Waals surface area contributed by atoms with Gasteiger partial charge < -0.3 is 21.1 Å². The Kier molecular flexibility index (Phi) is 4.01. The summed E-state index contributed by atoms with van der Waals surface area (Å²) in [5.41, 5.74) is 0.625. The van der Waals surface area contributed by atoms with Gasteiger partial charge in [-0.25, -0.2) is 15.0 Å². The molecule has 0 bridgehead atoms. The van der Waals surface area contributed by atoms with E-state index >= 15 is 0 Å². The SMILES string of the molecule is O=C1NC2(CCCCC2)c2nc(Nc3cc(NC4CC(O)C4)ncn3)sc21. The van der Waals surface area contributed by atoms with E-state index in [1.165, 1.54) is 24.1 Å². The van der Waals surface area contributed by atoms with Crippen LogP contribution in [0.15, 0.2) is 12.4 Å². The molecule has 0 radical (unpaired) electrons. The monoisotopic (exact) mass is 386 g/mol. The Morgan fingerprint density at radius 1 is 1.19 bits per heavy atom. The topological polar surface area (TPSA) is 112 Å². The molecule has 3 aliphatic rings. The zero-order valence-corrected chi connectivity index (χ0v) is 15.7. The molecule has 0 atom stereocenters. The summed E-state index contributed by atoms with van der Waals surface area (Å²) in [5.74, 6) is 1.35. The summed E-state index contributed by atoms with van der Waals surface area (Å²) in [6.07, 6.45) is 8.15. The van der Waals surface area contributed by atoms with E-state index in [2.05, 4.69) is 25.9 Å². The van der Waals surface area contributed by atoms with Gasteiger partial charge in [0.15, 0.2) is 5.13 Å². The Morgan fingerprint density at radius 3 is 2.74 bits per heavy atom. The molecule has 2 aliphatic carbocycles. The average molecular weight is 386 g/mol. The third kappa shape index (κ3) is 3.04. The Labute approximate surface area is 160 Å². The van der Waals surface area contributed by atoms with Crippen LogP contribution < -0.4 is 16.0 Å². The lowest BCUT2D eigenvalue weighted by Crippen LogP contribution is -2.41. The van der Waals surface area contributed by atoms with Gasteiger partial charge in [0.25, 0.3) is 5.91 Å². The van der Waals surface area contributed by atoms with Crippen molar-refractivity contribution in [2.75, 3.05) is 10.6 Å². The first-order valence-corrected chi connectivity index (χ1v) is 10.3. The molecule has 0 aromatic carbocycles. The second-order valence-corrected chi connectivity index (χ2v) is 8.67. The van der Waals surface area contributed by atoms with Gasteiger partial charge in [-0.3, -0.25) is 4.79 Å². The molecule has 0 saturated heterocycles. The number of aromatic nitrogens is 3. The number of fused-ring (bicyclic) bond motifs is 2. The van der Waals surface area contributed by atoms with E-state index in [1.807, 2.05) is 6.07 Å². The average Bonchev–Trinajstić information content (AvgIpc) is 3.15. The van der Waals surface area contributed by atoms with Crippen LogP contribution in [0.1, 0.15) is 60.3 Å². The minimum Gasteiger partial charge on any atom is -0.393 e. The van der Waals surface area contributed by atoms with E-state index in [1.54, 1.807) is 0 Å². The van der Waals surface area contributed by atoms with Crippen LogP contribution in [0.3, 0.4) is 0 Å². The first-order valence-electron chi connectivity index (χ1n) is 9.49. The number of amides is 1. The molecule has 2 aromatic heterocycles. The van der Waals surface area contributed by atoms with Gasteiger partial charge in [-0.05, 0) is 25.7 Å². The molecule has 1 amide bonds. The normalized spacial score (nSPS) is 25.6. The Balaban J connectivity index is 1.34. The minimum absolute atomic E-state index is 0.00830. The number of nitrogens with zero attached hydrogens (tertiary/aromatic N) is 3. The summed E-state index contributed by atoms with van der Waals surface area (Å²) in [6, 6.07) is 2.08. The Morgan fingerprint density at radius 2 is 1.96 bits per heavy atom. The lowest BCUT2D eigenvalue weighted by atomic mass is 9.81. The fraction of sp³-hybridized carbons (Fsp3) is 0.556. The molecule has 5 rings (SSSR count). The maximum Gasteiger partial charge on any atom is 0.264 e. The molecular weight excluding hydrogens is 364 g/mol. The van der Waals surface area contributed by atoms with Crippen molar-refractivity contribution in [3.63, 3.8) is 0 Å². The van der Waals surface area contributed by atoms with E-state index in [-0.39, 0.29) is 23.6 Å². The number of hydrogen-bond acceptors (Lipinski definition) is 8. The van der Waals surface area contributed by atoms with Crippen LogP contribution >= 0.6 is 11.3 Å². The number of rotatable bonds is 4. The smallest absolute Gasteiger partial charge is 0.264 e. The fourth-order valence-electron chi connectivity index (χ4n) is 4.23. The highest BCUT2D eigenvalue weighted by Crippen LogP contribution is 2.45. The minimum atomic E-state index is -0.273. The van der Waals surface area contributed by atoms with Gasteiger partial charge in [0, 0.05) is 12.1 Å². The molecule has 1 spiro atoms. The highest BCUT2D eigenvalue weighted by atomic mass is 32.1. The van der Waals surface area contributed by atoms with Gasteiger partial charge in [-0.15, -0.1) is 0 Å². The Hall–Kier alpha value is -2.26. The van der Waals surface area contributed by atoms with Crippen LogP contribution in [0.5, 0.6) is 0 Å². The maximum atomic E-state index is 12.4. The largest absolute Gasteiger partial charge is 0.393 e. The molecule has 1 aliphatic heterocycles. The molecular formula is C18H22N6O2S. The number of thiazole rings is 1. The van der Waals surface area contributed by atoms with Crippen LogP contribution in [-0.2, 0) is 5.54 Å². The van der Waals surface area contributed by atoms with E-state index in [0.29, 0.717) is 10.9 Å². The van der Waals surface area contributed by atoms with Crippen LogP contribution in [0.2, 0.25) is 0 Å². The summed E-state index contributed by atoms with van der Waals surface area (Å²) >= 11 is 1.38. The number of nitrogens with one attached hydrogen (secondary N) is 3. The number of aliphatic hydroxyl groups excluding tert-OH is 1. The van der Waals surface area contributed by atoms with Crippen molar-refractivity contribution >= 4 is 34.0 Å². The summed E-state index contributed by atoms with van der Waals surface area (Å²) in [5, 5.41) is 19.8. The second-order valence-electron chi connectivity index (χ2n) is 7.67. The van der Waals surface area contributed by atoms with Gasteiger partial charge in [0.1, 0.15) is 22.8 Å². The Bertz CT molecular complexity index is 872. The number of carbonyl (C=O) groups excluding carboxylic acids is 1. The molecule has 2 saturated carbocycles. The molecule has 9 heteroatoms.